The summed E-state index contributed by atoms with van der Waals surface area (Å²) in [5, 5.41) is 0. The van der Waals surface area contributed by atoms with Crippen LogP contribution in [0.15, 0.2) is 24.3 Å². The summed E-state index contributed by atoms with van der Waals surface area (Å²) in [7, 11) is 0. The number of alkyl halides is 1. The number of carbonyl (C=O) groups is 2. The summed E-state index contributed by atoms with van der Waals surface area (Å²) in [6, 6.07) is 7.31. The second-order valence-electron chi connectivity index (χ2n) is 5.08. The number of halogens is 1. The molecule has 0 N–H and O–H groups in total. The van der Waals surface area contributed by atoms with Crippen molar-refractivity contribution in [2.45, 2.75) is 39.7 Å². The van der Waals surface area contributed by atoms with E-state index in [4.69, 9.17) is 16.3 Å². The van der Waals surface area contributed by atoms with E-state index in [0.717, 1.165) is 5.56 Å². The zero-order valence-corrected chi connectivity index (χ0v) is 12.9. The third-order valence-corrected chi connectivity index (χ3v) is 3.27. The number of ketones is 1. The highest BCUT2D eigenvalue weighted by Crippen LogP contribution is 2.29. The molecule has 110 valence electrons. The van der Waals surface area contributed by atoms with Gasteiger partial charge < -0.3 is 4.74 Å². The summed E-state index contributed by atoms with van der Waals surface area (Å²) in [4.78, 5) is 23.5. The van der Waals surface area contributed by atoms with Gasteiger partial charge in [-0.1, -0.05) is 38.1 Å². The van der Waals surface area contributed by atoms with Gasteiger partial charge in [0.15, 0.2) is 5.78 Å². The lowest BCUT2D eigenvalue weighted by Gasteiger charge is -2.23. The summed E-state index contributed by atoms with van der Waals surface area (Å²) in [6.07, 6.45) is 0.656. The van der Waals surface area contributed by atoms with Crippen LogP contribution in [0.25, 0.3) is 0 Å². The SMILES string of the molecule is CC(=O)OC(c1ccccc1C(=O)CCCCl)C(C)C. The summed E-state index contributed by atoms with van der Waals surface area (Å²) < 4.78 is 5.38. The van der Waals surface area contributed by atoms with Crippen molar-refractivity contribution in [1.29, 1.82) is 0 Å². The van der Waals surface area contributed by atoms with Crippen LogP contribution in [0.2, 0.25) is 0 Å². The largest absolute Gasteiger partial charge is 0.457 e. The zero-order chi connectivity index (χ0) is 15.1. The van der Waals surface area contributed by atoms with Crippen LogP contribution in [0.3, 0.4) is 0 Å². The average molecular weight is 297 g/mol. The van der Waals surface area contributed by atoms with Crippen LogP contribution >= 0.6 is 11.6 Å². The molecule has 0 amide bonds. The molecule has 0 aliphatic heterocycles. The molecule has 0 aliphatic rings. The molecular weight excluding hydrogens is 276 g/mol. The van der Waals surface area contributed by atoms with Crippen LogP contribution in [0.4, 0.5) is 0 Å². The van der Waals surface area contributed by atoms with Gasteiger partial charge in [-0.2, -0.15) is 0 Å². The maximum absolute atomic E-state index is 12.2. The molecule has 1 rings (SSSR count). The second-order valence-corrected chi connectivity index (χ2v) is 5.45. The van der Waals surface area contributed by atoms with Crippen molar-refractivity contribution in [3.8, 4) is 0 Å². The van der Waals surface area contributed by atoms with E-state index in [1.807, 2.05) is 32.0 Å². The molecule has 0 saturated carbocycles. The van der Waals surface area contributed by atoms with Crippen molar-refractivity contribution >= 4 is 23.4 Å². The number of hydrogen-bond donors (Lipinski definition) is 0. The van der Waals surface area contributed by atoms with Crippen LogP contribution in [-0.4, -0.2) is 17.6 Å². The zero-order valence-electron chi connectivity index (χ0n) is 12.2. The van der Waals surface area contributed by atoms with Gasteiger partial charge in [0.2, 0.25) is 0 Å². The predicted molar refractivity (Wildman–Crippen MR) is 80.1 cm³/mol. The fourth-order valence-corrected chi connectivity index (χ4v) is 2.23. The van der Waals surface area contributed by atoms with E-state index < -0.39 is 6.10 Å². The fourth-order valence-electron chi connectivity index (χ4n) is 2.10. The molecule has 20 heavy (non-hydrogen) atoms. The Labute approximate surface area is 125 Å². The molecule has 0 saturated heterocycles. The molecule has 0 radical (unpaired) electrons. The highest BCUT2D eigenvalue weighted by molar-refractivity contribution is 6.18. The normalized spacial score (nSPS) is 12.2. The molecular formula is C16H21ClO3. The molecule has 1 unspecified atom stereocenters. The third-order valence-electron chi connectivity index (χ3n) is 3.00. The monoisotopic (exact) mass is 296 g/mol. The second kappa shape index (κ2) is 8.05. The van der Waals surface area contributed by atoms with E-state index in [9.17, 15) is 9.59 Å². The van der Waals surface area contributed by atoms with Gasteiger partial charge in [0.1, 0.15) is 6.10 Å². The Morgan fingerprint density at radius 3 is 2.45 bits per heavy atom. The minimum Gasteiger partial charge on any atom is -0.457 e. The average Bonchev–Trinajstić information content (AvgIpc) is 2.41. The van der Waals surface area contributed by atoms with Crippen molar-refractivity contribution in [3.05, 3.63) is 35.4 Å². The number of hydrogen-bond acceptors (Lipinski definition) is 3. The van der Waals surface area contributed by atoms with E-state index in [1.54, 1.807) is 6.07 Å². The molecule has 0 heterocycles. The lowest BCUT2D eigenvalue weighted by Crippen LogP contribution is -2.17. The van der Waals surface area contributed by atoms with Crippen LogP contribution in [0, 0.1) is 5.92 Å². The first-order valence-corrected chi connectivity index (χ1v) is 7.36. The molecule has 0 fully saturated rings. The van der Waals surface area contributed by atoms with E-state index >= 15 is 0 Å². The Bertz CT molecular complexity index is 469. The van der Waals surface area contributed by atoms with Crippen molar-refractivity contribution in [3.63, 3.8) is 0 Å². The minimum atomic E-state index is -0.399. The Morgan fingerprint density at radius 1 is 1.25 bits per heavy atom. The summed E-state index contributed by atoms with van der Waals surface area (Å²) in [6.45, 7) is 5.31. The van der Waals surface area contributed by atoms with E-state index in [1.165, 1.54) is 6.92 Å². The molecule has 0 aromatic heterocycles. The van der Waals surface area contributed by atoms with Gasteiger partial charge in [-0.3, -0.25) is 9.59 Å². The minimum absolute atomic E-state index is 0.0408. The van der Waals surface area contributed by atoms with Gasteiger partial charge in [0.05, 0.1) is 0 Å². The van der Waals surface area contributed by atoms with Gasteiger partial charge in [0, 0.05) is 30.4 Å². The smallest absolute Gasteiger partial charge is 0.303 e. The van der Waals surface area contributed by atoms with Crippen LogP contribution < -0.4 is 0 Å². The number of carbonyl (C=O) groups excluding carboxylic acids is 2. The number of Topliss-reactive ketones (excluding diaryl/α,β-unsaturated/α-hetero) is 1. The molecule has 0 spiro atoms. The highest BCUT2D eigenvalue weighted by Gasteiger charge is 2.23. The molecule has 1 aromatic carbocycles. The van der Waals surface area contributed by atoms with Gasteiger partial charge in [-0.25, -0.2) is 0 Å². The Hall–Kier alpha value is -1.35. The summed E-state index contributed by atoms with van der Waals surface area (Å²) in [5.74, 6) is 0.262. The summed E-state index contributed by atoms with van der Waals surface area (Å²) >= 11 is 5.63. The summed E-state index contributed by atoms with van der Waals surface area (Å²) in [5.41, 5.74) is 1.40. The van der Waals surface area contributed by atoms with E-state index in [2.05, 4.69) is 0 Å². The Morgan fingerprint density at radius 2 is 1.90 bits per heavy atom. The quantitative estimate of drug-likeness (QED) is 0.431. The molecule has 0 aliphatic carbocycles. The lowest BCUT2D eigenvalue weighted by atomic mass is 9.91. The van der Waals surface area contributed by atoms with Crippen LogP contribution in [0.5, 0.6) is 0 Å². The number of rotatable bonds is 7. The maximum atomic E-state index is 12.2. The van der Waals surface area contributed by atoms with Crippen molar-refractivity contribution in [2.24, 2.45) is 5.92 Å². The Kier molecular flexibility index (Phi) is 6.73. The van der Waals surface area contributed by atoms with Gasteiger partial charge in [-0.15, -0.1) is 11.6 Å². The van der Waals surface area contributed by atoms with Crippen LogP contribution in [-0.2, 0) is 9.53 Å². The van der Waals surface area contributed by atoms with E-state index in [0.29, 0.717) is 24.3 Å². The predicted octanol–water partition coefficient (Wildman–Crippen LogP) is 4.15. The molecule has 0 bridgehead atoms. The first-order chi connectivity index (χ1) is 9.47. The maximum Gasteiger partial charge on any atom is 0.303 e. The highest BCUT2D eigenvalue weighted by atomic mass is 35.5. The van der Waals surface area contributed by atoms with Gasteiger partial charge in [-0.05, 0) is 12.3 Å². The van der Waals surface area contributed by atoms with Gasteiger partial charge >= 0.3 is 5.97 Å². The molecule has 4 heteroatoms. The standard InChI is InChI=1S/C16H21ClO3/c1-11(2)16(20-12(3)18)14-8-5-4-7-13(14)15(19)9-6-10-17/h4-5,7-8,11,16H,6,9-10H2,1-3H3. The van der Waals surface area contributed by atoms with Crippen molar-refractivity contribution < 1.29 is 14.3 Å². The number of benzene rings is 1. The first-order valence-electron chi connectivity index (χ1n) is 6.82. The number of esters is 1. The van der Waals surface area contributed by atoms with Crippen molar-refractivity contribution in [1.82, 2.24) is 0 Å². The Balaban J connectivity index is 3.08. The number of ether oxygens (including phenoxy) is 1. The van der Waals surface area contributed by atoms with Crippen molar-refractivity contribution in [2.75, 3.05) is 5.88 Å². The molecule has 1 atom stereocenters. The molecule has 3 nitrogen and oxygen atoms in total. The van der Waals surface area contributed by atoms with Crippen LogP contribution in [0.1, 0.15) is 55.6 Å². The third kappa shape index (κ3) is 4.64. The molecule has 1 aromatic rings. The van der Waals surface area contributed by atoms with Gasteiger partial charge in [0.25, 0.3) is 0 Å². The fraction of sp³-hybridized carbons (Fsp3) is 0.500. The topological polar surface area (TPSA) is 43.4 Å². The van der Waals surface area contributed by atoms with E-state index in [-0.39, 0.29) is 17.7 Å². The first kappa shape index (κ1) is 16.7. The lowest BCUT2D eigenvalue weighted by molar-refractivity contribution is -0.149.